The molecule has 2 N–H and O–H groups in total. The quantitative estimate of drug-likeness (QED) is 0.900. The number of amides is 1. The average Bonchev–Trinajstić information content (AvgIpc) is 2.66. The van der Waals surface area contributed by atoms with Gasteiger partial charge < -0.3 is 15.1 Å². The van der Waals surface area contributed by atoms with E-state index in [-0.39, 0.29) is 17.7 Å². The van der Waals surface area contributed by atoms with Gasteiger partial charge in [-0.25, -0.2) is 0 Å². The molecule has 0 saturated carbocycles. The summed E-state index contributed by atoms with van der Waals surface area (Å²) in [5.74, 6) is -0.0497. The number of aliphatic hydroxyl groups excluding tert-OH is 1. The zero-order valence-corrected chi connectivity index (χ0v) is 12.9. The fourth-order valence-corrected chi connectivity index (χ4v) is 3.07. The molecule has 0 aliphatic carbocycles. The van der Waals surface area contributed by atoms with Crippen LogP contribution in [0.15, 0.2) is 18.2 Å². The molecule has 0 radical (unpaired) electrons. The molecule has 1 fully saturated rings. The average molecular weight is 291 g/mol. The second-order valence-corrected chi connectivity index (χ2v) is 6.06. The number of carbonyl (C=O) groups is 1. The number of aryl methyl sites for hydroxylation is 1. The van der Waals surface area contributed by atoms with Crippen LogP contribution in [0.1, 0.15) is 54.9 Å². The molecule has 0 bridgehead atoms. The van der Waals surface area contributed by atoms with Gasteiger partial charge in [0.25, 0.3) is 5.91 Å². The van der Waals surface area contributed by atoms with Crippen molar-refractivity contribution >= 4 is 5.91 Å². The summed E-state index contributed by atoms with van der Waals surface area (Å²) in [5.41, 5.74) is 1.08. The van der Waals surface area contributed by atoms with Gasteiger partial charge in [-0.2, -0.15) is 0 Å². The van der Waals surface area contributed by atoms with Crippen LogP contribution in [-0.2, 0) is 0 Å². The maximum Gasteiger partial charge on any atom is 0.257 e. The Kier molecular flexibility index (Phi) is 5.23. The summed E-state index contributed by atoms with van der Waals surface area (Å²) >= 11 is 0. The Labute approximate surface area is 126 Å². The van der Waals surface area contributed by atoms with Gasteiger partial charge in [0.1, 0.15) is 5.75 Å². The molecular formula is C17H25NO3. The predicted molar refractivity (Wildman–Crippen MR) is 82.4 cm³/mol. The Morgan fingerprint density at radius 2 is 2.14 bits per heavy atom. The van der Waals surface area contributed by atoms with E-state index in [0.717, 1.165) is 25.7 Å². The number of carbonyl (C=O) groups excluding carboxylic acids is 1. The molecule has 0 aromatic heterocycles. The summed E-state index contributed by atoms with van der Waals surface area (Å²) in [7, 11) is 0. The van der Waals surface area contributed by atoms with Crippen molar-refractivity contribution in [2.24, 2.45) is 0 Å². The first-order valence-electron chi connectivity index (χ1n) is 7.78. The molecule has 0 spiro atoms. The smallest absolute Gasteiger partial charge is 0.257 e. The van der Waals surface area contributed by atoms with E-state index >= 15 is 0 Å². The van der Waals surface area contributed by atoms with Crippen LogP contribution in [0.25, 0.3) is 0 Å². The van der Waals surface area contributed by atoms with Crippen molar-refractivity contribution < 1.29 is 15.0 Å². The molecule has 4 nitrogen and oxygen atoms in total. The number of aromatic hydroxyl groups is 1. The fraction of sp³-hybridized carbons (Fsp3) is 0.588. The van der Waals surface area contributed by atoms with E-state index in [1.54, 1.807) is 32.0 Å². The van der Waals surface area contributed by atoms with Crippen LogP contribution in [-0.4, -0.2) is 39.7 Å². The number of hydrogen-bond acceptors (Lipinski definition) is 3. The minimum absolute atomic E-state index is 0.0555. The van der Waals surface area contributed by atoms with Gasteiger partial charge in [0.15, 0.2) is 0 Å². The molecule has 21 heavy (non-hydrogen) atoms. The number of likely N-dealkylation sites (tertiary alicyclic amines) is 1. The molecule has 2 rings (SSSR count). The molecule has 1 heterocycles. The first-order chi connectivity index (χ1) is 10.0. The molecule has 1 aliphatic rings. The Bertz CT molecular complexity index is 499. The van der Waals surface area contributed by atoms with Gasteiger partial charge >= 0.3 is 0 Å². The van der Waals surface area contributed by atoms with Crippen LogP contribution in [0.5, 0.6) is 5.75 Å². The third-order valence-corrected chi connectivity index (χ3v) is 4.22. The van der Waals surface area contributed by atoms with Crippen molar-refractivity contribution in [2.75, 3.05) is 6.54 Å². The Balaban J connectivity index is 2.26. The van der Waals surface area contributed by atoms with Crippen molar-refractivity contribution in [2.45, 2.75) is 58.1 Å². The van der Waals surface area contributed by atoms with Gasteiger partial charge in [-0.15, -0.1) is 0 Å². The largest absolute Gasteiger partial charge is 0.507 e. The molecule has 1 aromatic carbocycles. The Morgan fingerprint density at radius 1 is 1.38 bits per heavy atom. The first kappa shape index (κ1) is 15.8. The predicted octanol–water partition coefficient (Wildman–Crippen LogP) is 2.86. The lowest BCUT2D eigenvalue weighted by Gasteiger charge is -2.31. The van der Waals surface area contributed by atoms with Gasteiger partial charge in [-0.3, -0.25) is 4.79 Å². The maximum absolute atomic E-state index is 12.8. The van der Waals surface area contributed by atoms with Crippen molar-refractivity contribution in [1.29, 1.82) is 0 Å². The molecule has 2 atom stereocenters. The monoisotopic (exact) mass is 291 g/mol. The second kappa shape index (κ2) is 6.94. The maximum atomic E-state index is 12.8. The number of benzene rings is 1. The highest BCUT2D eigenvalue weighted by Gasteiger charge is 2.28. The van der Waals surface area contributed by atoms with E-state index < -0.39 is 6.10 Å². The first-order valence-corrected chi connectivity index (χ1v) is 7.78. The molecule has 1 amide bonds. The highest BCUT2D eigenvalue weighted by molar-refractivity contribution is 5.97. The number of aliphatic hydroxyl groups is 1. The number of nitrogens with zero attached hydrogens (tertiary/aromatic N) is 1. The number of hydrogen-bond donors (Lipinski definition) is 2. The van der Waals surface area contributed by atoms with Crippen LogP contribution in [0.3, 0.4) is 0 Å². The zero-order chi connectivity index (χ0) is 15.4. The highest BCUT2D eigenvalue weighted by atomic mass is 16.3. The van der Waals surface area contributed by atoms with Gasteiger partial charge in [-0.05, 0) is 44.7 Å². The van der Waals surface area contributed by atoms with Crippen LogP contribution in [0.4, 0.5) is 0 Å². The molecule has 1 saturated heterocycles. The third kappa shape index (κ3) is 3.76. The summed E-state index contributed by atoms with van der Waals surface area (Å²) in [5, 5.41) is 19.8. The van der Waals surface area contributed by atoms with E-state index in [2.05, 4.69) is 0 Å². The van der Waals surface area contributed by atoms with Crippen molar-refractivity contribution in [1.82, 2.24) is 4.90 Å². The Hall–Kier alpha value is -1.55. The minimum Gasteiger partial charge on any atom is -0.507 e. The highest BCUT2D eigenvalue weighted by Crippen LogP contribution is 2.27. The number of phenols is 1. The summed E-state index contributed by atoms with van der Waals surface area (Å²) in [4.78, 5) is 14.6. The van der Waals surface area contributed by atoms with Crippen molar-refractivity contribution in [3.8, 4) is 5.75 Å². The topological polar surface area (TPSA) is 60.8 Å². The molecule has 116 valence electrons. The standard InChI is InChI=1S/C17H25NO3/c1-12-7-6-9-15(16(12)20)17(21)18-10-5-3-4-8-14(18)11-13(2)19/h6-7,9,13-14,19-20H,3-5,8,10-11H2,1-2H3. The van der Waals surface area contributed by atoms with Gasteiger partial charge in [0.2, 0.25) is 0 Å². The summed E-state index contributed by atoms with van der Waals surface area (Å²) in [6.07, 6.45) is 4.27. The van der Waals surface area contributed by atoms with Crippen molar-refractivity contribution in [3.05, 3.63) is 29.3 Å². The second-order valence-electron chi connectivity index (χ2n) is 6.06. The SMILES string of the molecule is Cc1cccc(C(=O)N2CCCCCC2CC(C)O)c1O. The molecule has 2 unspecified atom stereocenters. The summed E-state index contributed by atoms with van der Waals surface area (Å²) in [6, 6.07) is 5.32. The van der Waals surface area contributed by atoms with E-state index in [1.807, 2.05) is 4.90 Å². The number of phenolic OH excluding ortho intramolecular Hbond substituents is 1. The van der Waals surface area contributed by atoms with E-state index in [4.69, 9.17) is 0 Å². The minimum atomic E-state index is -0.422. The lowest BCUT2D eigenvalue weighted by atomic mass is 10.0. The molecule has 1 aromatic rings. The van der Waals surface area contributed by atoms with Gasteiger partial charge in [0, 0.05) is 12.6 Å². The number of para-hydroxylation sites is 1. The normalized spacial score (nSPS) is 20.9. The van der Waals surface area contributed by atoms with E-state index in [1.165, 1.54) is 0 Å². The van der Waals surface area contributed by atoms with E-state index in [9.17, 15) is 15.0 Å². The van der Waals surface area contributed by atoms with Crippen LogP contribution in [0.2, 0.25) is 0 Å². The molecule has 4 heteroatoms. The van der Waals surface area contributed by atoms with Crippen LogP contribution < -0.4 is 0 Å². The van der Waals surface area contributed by atoms with Crippen LogP contribution in [0, 0.1) is 6.92 Å². The van der Waals surface area contributed by atoms with Gasteiger partial charge in [-0.1, -0.05) is 25.0 Å². The van der Waals surface area contributed by atoms with E-state index in [0.29, 0.717) is 24.1 Å². The number of rotatable bonds is 3. The molecule has 1 aliphatic heterocycles. The Morgan fingerprint density at radius 3 is 2.86 bits per heavy atom. The van der Waals surface area contributed by atoms with Gasteiger partial charge in [0.05, 0.1) is 11.7 Å². The lowest BCUT2D eigenvalue weighted by Crippen LogP contribution is -2.41. The summed E-state index contributed by atoms with van der Waals surface area (Å²) < 4.78 is 0. The lowest BCUT2D eigenvalue weighted by molar-refractivity contribution is 0.0604. The zero-order valence-electron chi connectivity index (χ0n) is 12.9. The van der Waals surface area contributed by atoms with Crippen molar-refractivity contribution in [3.63, 3.8) is 0 Å². The third-order valence-electron chi connectivity index (χ3n) is 4.22. The fourth-order valence-electron chi connectivity index (χ4n) is 3.07. The molecular weight excluding hydrogens is 266 g/mol. The summed E-state index contributed by atoms with van der Waals surface area (Å²) in [6.45, 7) is 4.25. The van der Waals surface area contributed by atoms with Crippen LogP contribution >= 0.6 is 0 Å².